The van der Waals surface area contributed by atoms with Gasteiger partial charge in [0.2, 0.25) is 0 Å². The topological polar surface area (TPSA) is 3.24 Å². The second-order valence-corrected chi connectivity index (χ2v) is 19.9. The number of nitrogens with zero attached hydrogens (tertiary/aromatic N) is 1. The van der Waals surface area contributed by atoms with Gasteiger partial charge < -0.3 is 4.90 Å². The zero-order valence-electron chi connectivity index (χ0n) is 34.4. The van der Waals surface area contributed by atoms with E-state index in [4.69, 9.17) is 0 Å². The molecular weight excluding hydrogens is 699 g/mol. The Morgan fingerprint density at radius 1 is 0.483 bits per heavy atom. The monoisotopic (exact) mass is 751 g/mol. The van der Waals surface area contributed by atoms with Crippen LogP contribution in [0.2, 0.25) is 0 Å². The molecule has 7 aromatic carbocycles. The van der Waals surface area contributed by atoms with E-state index in [0.717, 1.165) is 17.8 Å². The number of rotatable bonds is 5. The smallest absolute Gasteiger partial charge is 0.0621 e. The summed E-state index contributed by atoms with van der Waals surface area (Å²) in [7, 11) is 0. The molecule has 0 heterocycles. The van der Waals surface area contributed by atoms with E-state index in [1.807, 2.05) is 0 Å². The lowest BCUT2D eigenvalue weighted by atomic mass is 9.59. The lowest BCUT2D eigenvalue weighted by molar-refractivity contribution is 0.191. The van der Waals surface area contributed by atoms with Crippen molar-refractivity contribution < 1.29 is 0 Å². The molecule has 0 saturated heterocycles. The summed E-state index contributed by atoms with van der Waals surface area (Å²) in [5.41, 5.74) is 18.3. The minimum Gasteiger partial charge on any atom is -0.309 e. The van der Waals surface area contributed by atoms with Crippen LogP contribution in [0.3, 0.4) is 0 Å². The van der Waals surface area contributed by atoms with Crippen LogP contribution < -0.4 is 4.90 Å². The van der Waals surface area contributed by atoms with Gasteiger partial charge in [-0.15, -0.1) is 0 Å². The van der Waals surface area contributed by atoms with Crippen LogP contribution in [0.15, 0.2) is 152 Å². The van der Waals surface area contributed by atoms with Gasteiger partial charge >= 0.3 is 0 Å². The first-order valence-corrected chi connectivity index (χ1v) is 22.1. The fraction of sp³-hybridized carbons (Fsp3) is 0.298. The molecule has 0 radical (unpaired) electrons. The summed E-state index contributed by atoms with van der Waals surface area (Å²) < 4.78 is 0. The average Bonchev–Trinajstić information content (AvgIpc) is 3.80. The van der Waals surface area contributed by atoms with Gasteiger partial charge in [-0.25, -0.2) is 0 Å². The third-order valence-corrected chi connectivity index (χ3v) is 16.1. The van der Waals surface area contributed by atoms with Gasteiger partial charge in [0, 0.05) is 27.9 Å². The maximum Gasteiger partial charge on any atom is 0.0621 e. The molecule has 6 aliphatic carbocycles. The van der Waals surface area contributed by atoms with Crippen molar-refractivity contribution in [3.8, 4) is 33.4 Å². The molecule has 1 heteroatoms. The fourth-order valence-corrected chi connectivity index (χ4v) is 13.5. The lowest BCUT2D eigenvalue weighted by Crippen LogP contribution is -2.40. The van der Waals surface area contributed by atoms with Crippen molar-refractivity contribution in [2.24, 2.45) is 23.7 Å². The third-order valence-electron chi connectivity index (χ3n) is 16.1. The second-order valence-electron chi connectivity index (χ2n) is 19.9. The minimum atomic E-state index is 0.0877. The zero-order valence-corrected chi connectivity index (χ0v) is 34.4. The Labute approximate surface area is 344 Å². The molecule has 58 heavy (non-hydrogen) atoms. The Balaban J connectivity index is 1.15. The molecule has 7 aromatic rings. The van der Waals surface area contributed by atoms with Gasteiger partial charge in [0.05, 0.1) is 5.69 Å². The van der Waals surface area contributed by atoms with Gasteiger partial charge in [-0.05, 0) is 153 Å². The van der Waals surface area contributed by atoms with Gasteiger partial charge in [0.15, 0.2) is 0 Å². The largest absolute Gasteiger partial charge is 0.309 e. The lowest BCUT2D eigenvalue weighted by Gasteiger charge is -2.44. The van der Waals surface area contributed by atoms with Crippen LogP contribution in [-0.4, -0.2) is 0 Å². The van der Waals surface area contributed by atoms with Crippen LogP contribution in [0.25, 0.3) is 44.2 Å². The Bertz CT molecular complexity index is 2760. The fourth-order valence-electron chi connectivity index (χ4n) is 13.5. The Morgan fingerprint density at radius 2 is 1.16 bits per heavy atom. The van der Waals surface area contributed by atoms with Crippen molar-refractivity contribution in [2.75, 3.05) is 4.90 Å². The van der Waals surface area contributed by atoms with E-state index in [2.05, 4.69) is 184 Å². The van der Waals surface area contributed by atoms with Gasteiger partial charge in [-0.3, -0.25) is 0 Å². The predicted octanol–water partition coefficient (Wildman–Crippen LogP) is 15.3. The van der Waals surface area contributed by atoms with Crippen LogP contribution in [0.4, 0.5) is 17.1 Å². The van der Waals surface area contributed by atoms with Gasteiger partial charge in [0.25, 0.3) is 0 Å². The highest BCUT2D eigenvalue weighted by Gasteiger charge is 2.66. The minimum absolute atomic E-state index is 0.0877. The van der Waals surface area contributed by atoms with Crippen LogP contribution in [0.5, 0.6) is 0 Å². The van der Waals surface area contributed by atoms with Crippen LogP contribution in [0, 0.1) is 23.7 Å². The molecule has 5 unspecified atom stereocenters. The molecule has 0 amide bonds. The Hall–Kier alpha value is -5.40. The van der Waals surface area contributed by atoms with Gasteiger partial charge in [-0.2, -0.15) is 0 Å². The highest BCUT2D eigenvalue weighted by Crippen LogP contribution is 2.74. The van der Waals surface area contributed by atoms with Gasteiger partial charge in [0.1, 0.15) is 0 Å². The first-order chi connectivity index (χ1) is 28.2. The molecule has 4 saturated carbocycles. The Morgan fingerprint density at radius 3 is 1.98 bits per heavy atom. The molecule has 4 bridgehead atoms. The SMILES string of the molecule is CC1(C)CCC(C)(C)c2cc(N(c3ccc(-c4cccc5ccccc45)cc3)c3c(-c4ccccc4)ccc4c3-c3ccccc3C43C4CC5CC(C4)C3C5)ccc21. The van der Waals surface area contributed by atoms with E-state index in [0.29, 0.717) is 5.92 Å². The highest BCUT2D eigenvalue weighted by atomic mass is 15.1. The predicted molar refractivity (Wildman–Crippen MR) is 243 cm³/mol. The van der Waals surface area contributed by atoms with Crippen molar-refractivity contribution in [1.29, 1.82) is 0 Å². The zero-order chi connectivity index (χ0) is 39.0. The van der Waals surface area contributed by atoms with Crippen LogP contribution >= 0.6 is 0 Å². The average molecular weight is 752 g/mol. The van der Waals surface area contributed by atoms with E-state index < -0.39 is 0 Å². The highest BCUT2D eigenvalue weighted by molar-refractivity contribution is 6.03. The molecule has 286 valence electrons. The molecule has 6 aliphatic rings. The summed E-state index contributed by atoms with van der Waals surface area (Å²) in [5.74, 6) is 3.21. The number of fused-ring (bicyclic) bond motifs is 5. The molecule has 0 N–H and O–H groups in total. The van der Waals surface area contributed by atoms with E-state index >= 15 is 0 Å². The van der Waals surface area contributed by atoms with Crippen LogP contribution in [0.1, 0.15) is 88.5 Å². The van der Waals surface area contributed by atoms with Crippen molar-refractivity contribution in [3.63, 3.8) is 0 Å². The van der Waals surface area contributed by atoms with E-state index in [-0.39, 0.29) is 16.2 Å². The molecule has 4 fully saturated rings. The first-order valence-electron chi connectivity index (χ1n) is 22.1. The number of benzene rings is 7. The quantitative estimate of drug-likeness (QED) is 0.169. The number of hydrogen-bond acceptors (Lipinski definition) is 1. The Kier molecular flexibility index (Phi) is 7.35. The van der Waals surface area contributed by atoms with E-state index in [9.17, 15) is 0 Å². The van der Waals surface area contributed by atoms with Crippen molar-refractivity contribution >= 4 is 27.8 Å². The summed E-state index contributed by atoms with van der Waals surface area (Å²) >= 11 is 0. The summed E-state index contributed by atoms with van der Waals surface area (Å²) in [4.78, 5) is 2.67. The number of hydrogen-bond donors (Lipinski definition) is 0. The molecule has 0 aromatic heterocycles. The summed E-state index contributed by atoms with van der Waals surface area (Å²) in [6.45, 7) is 9.82. The second kappa shape index (κ2) is 12.3. The van der Waals surface area contributed by atoms with Crippen LogP contribution in [-0.2, 0) is 16.2 Å². The maximum absolute atomic E-state index is 2.67. The summed E-state index contributed by atoms with van der Waals surface area (Å²) in [5, 5.41) is 2.57. The third kappa shape index (κ3) is 4.77. The molecule has 1 spiro atoms. The first kappa shape index (κ1) is 34.6. The van der Waals surface area contributed by atoms with E-state index in [1.54, 1.807) is 11.1 Å². The number of anilines is 3. The molecule has 13 rings (SSSR count). The molecule has 1 nitrogen and oxygen atoms in total. The molecular formula is C57H53N. The molecule has 0 aliphatic heterocycles. The van der Waals surface area contributed by atoms with Crippen molar-refractivity contribution in [1.82, 2.24) is 0 Å². The normalized spacial score (nSPS) is 25.2. The van der Waals surface area contributed by atoms with Gasteiger partial charge in [-0.1, -0.05) is 155 Å². The summed E-state index contributed by atoms with van der Waals surface area (Å²) in [6, 6.07) is 58.5. The maximum atomic E-state index is 2.67. The van der Waals surface area contributed by atoms with Crippen molar-refractivity contribution in [2.45, 2.75) is 82.5 Å². The molecule has 5 atom stereocenters. The standard InChI is InChI=1S/C57H53N/c1-55(2)29-30-56(3,4)52-35-43(25-27-49(52)55)58(42-23-21-39(22-24-42)45-19-12-16-37-15-8-9-17-44(37)45)54-46(38-13-6-5-7-14-38)26-28-50-53(54)47-18-10-11-20-48(47)57(50)41-32-36-31-40(34-41)51(57)33-36/h5-28,35-36,40-41,51H,29-34H2,1-4H3. The summed E-state index contributed by atoms with van der Waals surface area (Å²) in [6.07, 6.45) is 7.99. The van der Waals surface area contributed by atoms with E-state index in [1.165, 1.54) is 111 Å². The van der Waals surface area contributed by atoms with Crippen molar-refractivity contribution in [3.05, 3.63) is 174 Å².